The number of hydrogen-bond acceptors (Lipinski definition) is 6. The van der Waals surface area contributed by atoms with Crippen LogP contribution in [0.1, 0.15) is 58.8 Å². The number of benzene rings is 1. The average molecular weight is 432 g/mol. The molecule has 0 spiro atoms. The van der Waals surface area contributed by atoms with Gasteiger partial charge >= 0.3 is 5.97 Å². The van der Waals surface area contributed by atoms with Crippen LogP contribution < -0.4 is 10.1 Å². The van der Waals surface area contributed by atoms with Gasteiger partial charge in [-0.25, -0.2) is 9.18 Å². The quantitative estimate of drug-likeness (QED) is 0.550. The van der Waals surface area contributed by atoms with Crippen molar-refractivity contribution in [1.29, 1.82) is 0 Å². The standard InChI is InChI=1S/C16H21ClFNO3.C5H10O2/c1-15(2,3)22-14(20)10-5-11(17)13(6-12(10)18)21-9-16(4)7-19-8-16;1-5(2,3)7-4-6/h5-6,19H,7-9H2,1-4H3;4H,1-3H3. The van der Waals surface area contributed by atoms with Gasteiger partial charge in [0.1, 0.15) is 22.8 Å². The Bertz CT molecular complexity index is 721. The number of nitrogens with one attached hydrogen (secondary N) is 1. The minimum Gasteiger partial charge on any atom is -0.491 e. The number of carbonyl (C=O) groups excluding carboxylic acids is 2. The highest BCUT2D eigenvalue weighted by Gasteiger charge is 2.33. The summed E-state index contributed by atoms with van der Waals surface area (Å²) in [4.78, 5) is 21.5. The van der Waals surface area contributed by atoms with Crippen LogP contribution in [-0.4, -0.2) is 43.3 Å². The van der Waals surface area contributed by atoms with E-state index in [2.05, 4.69) is 17.0 Å². The number of ether oxygens (including phenoxy) is 3. The molecule has 0 radical (unpaired) electrons. The molecule has 6 nitrogen and oxygen atoms in total. The highest BCUT2D eigenvalue weighted by molar-refractivity contribution is 6.32. The summed E-state index contributed by atoms with van der Waals surface area (Å²) < 4.78 is 29.4. The van der Waals surface area contributed by atoms with Gasteiger partial charge in [0.2, 0.25) is 0 Å². The lowest BCUT2D eigenvalue weighted by atomic mass is 9.85. The maximum Gasteiger partial charge on any atom is 0.341 e. The fourth-order valence-corrected chi connectivity index (χ4v) is 2.40. The Hall–Kier alpha value is -1.86. The van der Waals surface area contributed by atoms with Gasteiger partial charge in [-0.3, -0.25) is 4.79 Å². The van der Waals surface area contributed by atoms with Crippen LogP contribution in [0.3, 0.4) is 0 Å². The molecule has 2 rings (SSSR count). The predicted molar refractivity (Wildman–Crippen MR) is 110 cm³/mol. The lowest BCUT2D eigenvalue weighted by molar-refractivity contribution is -0.138. The molecule has 1 aromatic rings. The second-order valence-electron chi connectivity index (χ2n) is 9.29. The van der Waals surface area contributed by atoms with E-state index in [9.17, 15) is 14.0 Å². The molecule has 1 aromatic carbocycles. The van der Waals surface area contributed by atoms with Crippen molar-refractivity contribution in [2.45, 2.75) is 59.7 Å². The van der Waals surface area contributed by atoms with E-state index in [0.29, 0.717) is 13.1 Å². The van der Waals surface area contributed by atoms with Crippen LogP contribution in [0, 0.1) is 11.2 Å². The van der Waals surface area contributed by atoms with Gasteiger partial charge in [0.05, 0.1) is 17.2 Å². The Kier molecular flexibility index (Phi) is 8.47. The minimum atomic E-state index is -0.742. The first kappa shape index (κ1) is 25.2. The molecule has 29 heavy (non-hydrogen) atoms. The highest BCUT2D eigenvalue weighted by Crippen LogP contribution is 2.31. The number of hydrogen-bond donors (Lipinski definition) is 1. The van der Waals surface area contributed by atoms with Crippen LogP contribution in [0.25, 0.3) is 0 Å². The molecule has 0 amide bonds. The Morgan fingerprint density at radius 2 is 1.79 bits per heavy atom. The molecular formula is C21H31ClFNO5. The van der Waals surface area contributed by atoms with Gasteiger partial charge in [-0.05, 0) is 47.6 Å². The summed E-state index contributed by atoms with van der Waals surface area (Å²) in [5.41, 5.74) is -1.17. The molecule has 164 valence electrons. The van der Waals surface area contributed by atoms with E-state index in [1.165, 1.54) is 6.07 Å². The number of halogens is 2. The van der Waals surface area contributed by atoms with Crippen molar-refractivity contribution in [1.82, 2.24) is 5.32 Å². The molecule has 1 aliphatic rings. The smallest absolute Gasteiger partial charge is 0.341 e. The predicted octanol–water partition coefficient (Wildman–Crippen LogP) is 4.38. The molecule has 0 bridgehead atoms. The number of carbonyl (C=O) groups is 2. The van der Waals surface area contributed by atoms with Crippen molar-refractivity contribution < 1.29 is 28.2 Å². The molecule has 0 unspecified atom stereocenters. The summed E-state index contributed by atoms with van der Waals surface area (Å²) in [6.07, 6.45) is 0. The Morgan fingerprint density at radius 3 is 2.17 bits per heavy atom. The van der Waals surface area contributed by atoms with Crippen molar-refractivity contribution in [2.75, 3.05) is 19.7 Å². The fourth-order valence-electron chi connectivity index (χ4n) is 2.18. The zero-order valence-electron chi connectivity index (χ0n) is 18.2. The minimum absolute atomic E-state index is 0.0314. The van der Waals surface area contributed by atoms with E-state index in [1.807, 2.05) is 20.8 Å². The van der Waals surface area contributed by atoms with Gasteiger partial charge in [-0.2, -0.15) is 0 Å². The van der Waals surface area contributed by atoms with Crippen molar-refractivity contribution in [3.05, 3.63) is 28.5 Å². The maximum absolute atomic E-state index is 14.1. The van der Waals surface area contributed by atoms with Crippen molar-refractivity contribution in [2.24, 2.45) is 5.41 Å². The summed E-state index contributed by atoms with van der Waals surface area (Å²) in [5.74, 6) is -1.21. The van der Waals surface area contributed by atoms with Gasteiger partial charge in [-0.1, -0.05) is 18.5 Å². The van der Waals surface area contributed by atoms with E-state index in [-0.39, 0.29) is 27.4 Å². The zero-order valence-corrected chi connectivity index (χ0v) is 18.9. The van der Waals surface area contributed by atoms with Crippen LogP contribution in [0.5, 0.6) is 5.75 Å². The lowest BCUT2D eigenvalue weighted by Crippen LogP contribution is -2.54. The van der Waals surface area contributed by atoms with Crippen LogP contribution >= 0.6 is 11.6 Å². The van der Waals surface area contributed by atoms with Crippen LogP contribution in [0.2, 0.25) is 5.02 Å². The second-order valence-corrected chi connectivity index (χ2v) is 9.70. The van der Waals surface area contributed by atoms with Crippen LogP contribution in [0.4, 0.5) is 4.39 Å². The Balaban J connectivity index is 0.000000516. The molecule has 1 aliphatic heterocycles. The topological polar surface area (TPSA) is 73.9 Å². The fraction of sp³-hybridized carbons (Fsp3) is 0.619. The summed E-state index contributed by atoms with van der Waals surface area (Å²) in [7, 11) is 0. The third-order valence-electron chi connectivity index (χ3n) is 3.72. The van der Waals surface area contributed by atoms with Crippen molar-refractivity contribution in [3.8, 4) is 5.75 Å². The zero-order chi connectivity index (χ0) is 22.5. The Morgan fingerprint density at radius 1 is 1.21 bits per heavy atom. The highest BCUT2D eigenvalue weighted by atomic mass is 35.5. The summed E-state index contributed by atoms with van der Waals surface area (Å²) in [6.45, 7) is 15.3. The third kappa shape index (κ3) is 9.00. The largest absolute Gasteiger partial charge is 0.491 e. The van der Waals surface area contributed by atoms with Gasteiger partial charge in [-0.15, -0.1) is 0 Å². The summed E-state index contributed by atoms with van der Waals surface area (Å²) >= 11 is 6.09. The maximum atomic E-state index is 14.1. The average Bonchev–Trinajstić information content (AvgIpc) is 2.51. The SMILES string of the molecule is CC(C)(C)OC=O.CC1(COc2cc(F)c(C(=O)OC(C)(C)C)cc2Cl)CNC1. The monoisotopic (exact) mass is 431 g/mol. The third-order valence-corrected chi connectivity index (χ3v) is 4.02. The van der Waals surface area contributed by atoms with Crippen molar-refractivity contribution in [3.63, 3.8) is 0 Å². The molecule has 1 N–H and O–H groups in total. The summed E-state index contributed by atoms with van der Waals surface area (Å²) in [5, 5.41) is 3.35. The van der Waals surface area contributed by atoms with E-state index in [1.54, 1.807) is 20.8 Å². The van der Waals surface area contributed by atoms with E-state index < -0.39 is 17.4 Å². The van der Waals surface area contributed by atoms with Crippen LogP contribution in [-0.2, 0) is 14.3 Å². The van der Waals surface area contributed by atoms with E-state index in [4.69, 9.17) is 21.1 Å². The molecular weight excluding hydrogens is 401 g/mol. The molecule has 0 aromatic heterocycles. The van der Waals surface area contributed by atoms with Gasteiger partial charge in [0, 0.05) is 24.6 Å². The molecule has 0 saturated carbocycles. The molecule has 0 atom stereocenters. The van der Waals surface area contributed by atoms with Crippen LogP contribution in [0.15, 0.2) is 12.1 Å². The first-order valence-electron chi connectivity index (χ1n) is 9.33. The molecule has 1 heterocycles. The molecule has 0 aliphatic carbocycles. The van der Waals surface area contributed by atoms with E-state index in [0.717, 1.165) is 19.2 Å². The second kappa shape index (κ2) is 9.76. The number of esters is 1. The van der Waals surface area contributed by atoms with E-state index >= 15 is 0 Å². The molecule has 1 fully saturated rings. The first-order valence-corrected chi connectivity index (χ1v) is 9.71. The number of rotatable bonds is 5. The first-order chi connectivity index (χ1) is 13.2. The normalized spacial score (nSPS) is 15.3. The molecule has 1 saturated heterocycles. The lowest BCUT2D eigenvalue weighted by Gasteiger charge is -2.38. The Labute approximate surface area is 177 Å². The van der Waals surface area contributed by atoms with Gasteiger partial charge in [0.15, 0.2) is 0 Å². The molecule has 8 heteroatoms. The summed E-state index contributed by atoms with van der Waals surface area (Å²) in [6, 6.07) is 2.39. The van der Waals surface area contributed by atoms with Crippen molar-refractivity contribution >= 4 is 24.0 Å². The van der Waals surface area contributed by atoms with Gasteiger partial charge < -0.3 is 19.5 Å². The van der Waals surface area contributed by atoms with Gasteiger partial charge in [0.25, 0.3) is 6.47 Å².